The zero-order chi connectivity index (χ0) is 10.9. The predicted octanol–water partition coefficient (Wildman–Crippen LogP) is 2.26. The molecule has 4 heteroatoms. The Hall–Kier alpha value is -0.610. The van der Waals surface area contributed by atoms with Crippen LogP contribution in [0.2, 0.25) is 0 Å². The summed E-state index contributed by atoms with van der Waals surface area (Å²) in [5, 5.41) is 2.87. The molecule has 15 heavy (non-hydrogen) atoms. The number of thioether (sulfide) groups is 2. The molecule has 0 heterocycles. The Morgan fingerprint density at radius 2 is 2.07 bits per heavy atom. The van der Waals surface area contributed by atoms with E-state index in [2.05, 4.69) is 17.4 Å². The minimum absolute atomic E-state index is 0.121. The molecule has 0 unspecified atom stereocenters. The van der Waals surface area contributed by atoms with E-state index in [4.69, 9.17) is 0 Å². The molecule has 1 rings (SSSR count). The first-order chi connectivity index (χ1) is 7.33. The highest BCUT2D eigenvalue weighted by atomic mass is 32.2. The van der Waals surface area contributed by atoms with Crippen molar-refractivity contribution in [2.75, 3.05) is 24.3 Å². The molecule has 0 aromatic heterocycles. The van der Waals surface area contributed by atoms with Crippen LogP contribution < -0.4 is 5.32 Å². The molecular weight excluding hydrogens is 226 g/mol. The molecule has 0 aliphatic heterocycles. The second-order valence-corrected chi connectivity index (χ2v) is 4.98. The number of carbonyl (C=O) groups is 1. The molecule has 0 atom stereocenters. The summed E-state index contributed by atoms with van der Waals surface area (Å²) in [5.41, 5.74) is 0. The smallest absolute Gasteiger partial charge is 0.230 e. The molecule has 0 bridgehead atoms. The number of hydrogen-bond donors (Lipinski definition) is 1. The van der Waals surface area contributed by atoms with Crippen molar-refractivity contribution in [2.45, 2.75) is 4.90 Å². The van der Waals surface area contributed by atoms with Gasteiger partial charge in [-0.3, -0.25) is 4.79 Å². The molecule has 0 saturated heterocycles. The molecule has 1 amide bonds. The fourth-order valence-electron chi connectivity index (χ4n) is 1.06. The van der Waals surface area contributed by atoms with E-state index in [9.17, 15) is 4.79 Å². The molecule has 0 aliphatic carbocycles. The summed E-state index contributed by atoms with van der Waals surface area (Å²) in [5.74, 6) is 1.59. The fraction of sp³-hybridized carbons (Fsp3) is 0.364. The van der Waals surface area contributed by atoms with Gasteiger partial charge in [0.2, 0.25) is 5.91 Å². The van der Waals surface area contributed by atoms with Gasteiger partial charge in [0.05, 0.1) is 5.75 Å². The normalized spacial score (nSPS) is 9.93. The summed E-state index contributed by atoms with van der Waals surface area (Å²) >= 11 is 3.30. The van der Waals surface area contributed by atoms with E-state index in [-0.39, 0.29) is 5.91 Å². The van der Waals surface area contributed by atoms with Gasteiger partial charge in [0.25, 0.3) is 0 Å². The Morgan fingerprint density at radius 1 is 1.33 bits per heavy atom. The third-order valence-corrected chi connectivity index (χ3v) is 3.28. The van der Waals surface area contributed by atoms with Crippen LogP contribution in [0, 0.1) is 0 Å². The quantitative estimate of drug-likeness (QED) is 0.612. The van der Waals surface area contributed by atoms with Gasteiger partial charge in [0.15, 0.2) is 0 Å². The number of hydrogen-bond acceptors (Lipinski definition) is 3. The van der Waals surface area contributed by atoms with Crippen molar-refractivity contribution < 1.29 is 4.79 Å². The van der Waals surface area contributed by atoms with Gasteiger partial charge in [-0.1, -0.05) is 18.2 Å². The largest absolute Gasteiger partial charge is 0.355 e. The number of amides is 1. The second kappa shape index (κ2) is 7.65. The SMILES string of the molecule is CSCC(=O)NCCSc1ccccc1. The molecule has 0 saturated carbocycles. The van der Waals surface area contributed by atoms with Gasteiger partial charge >= 0.3 is 0 Å². The van der Waals surface area contributed by atoms with Crippen LogP contribution in [-0.2, 0) is 4.79 Å². The monoisotopic (exact) mass is 241 g/mol. The number of carbonyl (C=O) groups excluding carboxylic acids is 1. The zero-order valence-corrected chi connectivity index (χ0v) is 10.4. The van der Waals surface area contributed by atoms with E-state index in [1.807, 2.05) is 24.5 Å². The van der Waals surface area contributed by atoms with Crippen molar-refractivity contribution in [3.05, 3.63) is 30.3 Å². The van der Waals surface area contributed by atoms with Crippen LogP contribution in [0.4, 0.5) is 0 Å². The number of benzene rings is 1. The Labute approximate surface area is 99.2 Å². The van der Waals surface area contributed by atoms with Crippen LogP contribution in [0.25, 0.3) is 0 Å². The van der Waals surface area contributed by atoms with E-state index in [0.29, 0.717) is 5.75 Å². The summed E-state index contributed by atoms with van der Waals surface area (Å²) < 4.78 is 0. The highest BCUT2D eigenvalue weighted by Gasteiger charge is 1.98. The van der Waals surface area contributed by atoms with Gasteiger partial charge in [-0.2, -0.15) is 11.8 Å². The van der Waals surface area contributed by atoms with Gasteiger partial charge in [-0.05, 0) is 18.4 Å². The lowest BCUT2D eigenvalue weighted by Crippen LogP contribution is -2.27. The standard InChI is InChI=1S/C11H15NOS2/c1-14-9-11(13)12-7-8-15-10-5-3-2-4-6-10/h2-6H,7-9H2,1H3,(H,12,13). The van der Waals surface area contributed by atoms with Gasteiger partial charge in [0, 0.05) is 17.2 Å². The van der Waals surface area contributed by atoms with E-state index >= 15 is 0 Å². The minimum atomic E-state index is 0.121. The molecule has 82 valence electrons. The average molecular weight is 241 g/mol. The van der Waals surface area contributed by atoms with Crippen LogP contribution in [0.3, 0.4) is 0 Å². The molecule has 2 nitrogen and oxygen atoms in total. The van der Waals surface area contributed by atoms with Crippen molar-refractivity contribution in [1.29, 1.82) is 0 Å². The lowest BCUT2D eigenvalue weighted by Gasteiger charge is -2.03. The molecule has 1 aromatic carbocycles. The molecule has 1 aromatic rings. The van der Waals surface area contributed by atoms with Crippen LogP contribution >= 0.6 is 23.5 Å². The van der Waals surface area contributed by atoms with E-state index in [1.165, 1.54) is 4.90 Å². The summed E-state index contributed by atoms with van der Waals surface area (Å²) in [6.45, 7) is 0.735. The van der Waals surface area contributed by atoms with Crippen LogP contribution in [-0.4, -0.2) is 30.2 Å². The van der Waals surface area contributed by atoms with E-state index in [0.717, 1.165) is 12.3 Å². The van der Waals surface area contributed by atoms with Gasteiger partial charge in [-0.15, -0.1) is 11.8 Å². The lowest BCUT2D eigenvalue weighted by atomic mass is 10.4. The van der Waals surface area contributed by atoms with Crippen molar-refractivity contribution in [1.82, 2.24) is 5.32 Å². The maximum absolute atomic E-state index is 11.1. The third-order valence-electron chi connectivity index (χ3n) is 1.71. The van der Waals surface area contributed by atoms with E-state index in [1.54, 1.807) is 23.5 Å². The first-order valence-electron chi connectivity index (χ1n) is 4.76. The van der Waals surface area contributed by atoms with Crippen LogP contribution in [0.1, 0.15) is 0 Å². The van der Waals surface area contributed by atoms with Crippen LogP contribution in [0.15, 0.2) is 35.2 Å². The second-order valence-electron chi connectivity index (χ2n) is 2.94. The highest BCUT2D eigenvalue weighted by molar-refractivity contribution is 7.99. The first kappa shape index (κ1) is 12.5. The van der Waals surface area contributed by atoms with Crippen molar-refractivity contribution in [2.24, 2.45) is 0 Å². The highest BCUT2D eigenvalue weighted by Crippen LogP contribution is 2.15. The van der Waals surface area contributed by atoms with Crippen molar-refractivity contribution in [3.63, 3.8) is 0 Å². The first-order valence-corrected chi connectivity index (χ1v) is 7.14. The Kier molecular flexibility index (Phi) is 6.36. The molecule has 0 radical (unpaired) electrons. The fourth-order valence-corrected chi connectivity index (χ4v) is 2.21. The van der Waals surface area contributed by atoms with Crippen LogP contribution in [0.5, 0.6) is 0 Å². The average Bonchev–Trinajstić information content (AvgIpc) is 2.26. The van der Waals surface area contributed by atoms with E-state index < -0.39 is 0 Å². The maximum atomic E-state index is 11.1. The molecule has 1 N–H and O–H groups in total. The molecule has 0 aliphatic rings. The lowest BCUT2D eigenvalue weighted by molar-refractivity contribution is -0.118. The van der Waals surface area contributed by atoms with Crippen molar-refractivity contribution in [3.8, 4) is 0 Å². The number of nitrogens with one attached hydrogen (secondary N) is 1. The van der Waals surface area contributed by atoms with Gasteiger partial charge in [0.1, 0.15) is 0 Å². The Bertz CT molecular complexity index is 290. The summed E-state index contributed by atoms with van der Waals surface area (Å²) in [6, 6.07) is 10.2. The zero-order valence-electron chi connectivity index (χ0n) is 8.73. The van der Waals surface area contributed by atoms with Gasteiger partial charge in [-0.25, -0.2) is 0 Å². The predicted molar refractivity (Wildman–Crippen MR) is 68.6 cm³/mol. The Balaban J connectivity index is 2.10. The minimum Gasteiger partial charge on any atom is -0.355 e. The third kappa shape index (κ3) is 5.74. The summed E-state index contributed by atoms with van der Waals surface area (Å²) in [6.07, 6.45) is 1.93. The Morgan fingerprint density at radius 3 is 2.73 bits per heavy atom. The summed E-state index contributed by atoms with van der Waals surface area (Å²) in [7, 11) is 0. The number of rotatable bonds is 6. The summed E-state index contributed by atoms with van der Waals surface area (Å²) in [4.78, 5) is 12.4. The maximum Gasteiger partial charge on any atom is 0.230 e. The van der Waals surface area contributed by atoms with Crippen molar-refractivity contribution >= 4 is 29.4 Å². The topological polar surface area (TPSA) is 29.1 Å². The molecule has 0 fully saturated rings. The molecule has 0 spiro atoms. The van der Waals surface area contributed by atoms with Gasteiger partial charge < -0.3 is 5.32 Å². The molecular formula is C11H15NOS2.